The van der Waals surface area contributed by atoms with E-state index in [0.717, 1.165) is 30.2 Å². The van der Waals surface area contributed by atoms with Gasteiger partial charge in [-0.15, -0.1) is 0 Å². The van der Waals surface area contributed by atoms with Gasteiger partial charge in [0.25, 0.3) is 0 Å². The van der Waals surface area contributed by atoms with Crippen molar-refractivity contribution in [2.24, 2.45) is 0 Å². The molecule has 3 nitrogen and oxygen atoms in total. The first-order valence-corrected chi connectivity index (χ1v) is 6.66. The lowest BCUT2D eigenvalue weighted by molar-refractivity contribution is 0.0690. The monoisotopic (exact) mass is 289 g/mol. The maximum absolute atomic E-state index is 14.2. The van der Waals surface area contributed by atoms with E-state index in [2.05, 4.69) is 0 Å². The second kappa shape index (κ2) is 5.16. The fraction of sp³-hybridized carbons (Fsp3) is 0.188. The molecule has 0 radical (unpaired) electrons. The molecule has 2 aromatic carbocycles. The molecule has 0 amide bonds. The molecule has 0 saturated carbocycles. The van der Waals surface area contributed by atoms with Crippen LogP contribution in [0.1, 0.15) is 22.3 Å². The smallest absolute Gasteiger partial charge is 0.338 e. The van der Waals surface area contributed by atoms with Crippen molar-refractivity contribution in [3.8, 4) is 0 Å². The Morgan fingerprint density at radius 1 is 1.05 bits per heavy atom. The van der Waals surface area contributed by atoms with Gasteiger partial charge >= 0.3 is 5.97 Å². The number of halogens is 2. The zero-order valence-corrected chi connectivity index (χ0v) is 11.1. The van der Waals surface area contributed by atoms with Gasteiger partial charge in [0, 0.05) is 12.2 Å². The molecule has 0 aromatic heterocycles. The standard InChI is InChI=1S/C16H13F2NO2/c17-14-11(16(20)21)7-8-13(15(14)18)19-9-3-5-10-4-1-2-6-12(10)19/h1-2,4,6-8H,3,5,9H2,(H,20,21). The second-order valence-electron chi connectivity index (χ2n) is 4.95. The first-order chi connectivity index (χ1) is 10.1. The molecule has 1 aliphatic rings. The molecular weight excluding hydrogens is 276 g/mol. The van der Waals surface area contributed by atoms with Gasteiger partial charge in [-0.05, 0) is 36.6 Å². The van der Waals surface area contributed by atoms with Crippen LogP contribution in [0.15, 0.2) is 36.4 Å². The summed E-state index contributed by atoms with van der Waals surface area (Å²) in [5.74, 6) is -3.91. The Morgan fingerprint density at radius 2 is 1.81 bits per heavy atom. The van der Waals surface area contributed by atoms with Crippen molar-refractivity contribution in [3.05, 3.63) is 59.2 Å². The van der Waals surface area contributed by atoms with Crippen molar-refractivity contribution in [3.63, 3.8) is 0 Å². The summed E-state index contributed by atoms with van der Waals surface area (Å²) in [6.45, 7) is 0.569. The van der Waals surface area contributed by atoms with Crippen LogP contribution in [0.5, 0.6) is 0 Å². The molecule has 5 heteroatoms. The number of carboxylic acids is 1. The summed E-state index contributed by atoms with van der Waals surface area (Å²) in [5.41, 5.74) is 1.34. The Hall–Kier alpha value is -2.43. The number of hydrogen-bond acceptors (Lipinski definition) is 2. The number of para-hydroxylation sites is 1. The summed E-state index contributed by atoms with van der Waals surface area (Å²) in [6, 6.07) is 10.00. The third kappa shape index (κ3) is 2.24. The second-order valence-corrected chi connectivity index (χ2v) is 4.95. The van der Waals surface area contributed by atoms with Crippen LogP contribution in [0.2, 0.25) is 0 Å². The Labute approximate surface area is 120 Å². The number of benzene rings is 2. The summed E-state index contributed by atoms with van der Waals surface area (Å²) < 4.78 is 28.1. The molecule has 0 spiro atoms. The van der Waals surface area contributed by atoms with Crippen LogP contribution >= 0.6 is 0 Å². The highest BCUT2D eigenvalue weighted by Crippen LogP contribution is 2.35. The lowest BCUT2D eigenvalue weighted by Gasteiger charge is -2.31. The normalized spacial score (nSPS) is 13.9. The number of anilines is 2. The average Bonchev–Trinajstić information content (AvgIpc) is 2.49. The van der Waals surface area contributed by atoms with Gasteiger partial charge in [-0.1, -0.05) is 18.2 Å². The summed E-state index contributed by atoms with van der Waals surface area (Å²) in [6.07, 6.45) is 1.72. The van der Waals surface area contributed by atoms with Crippen LogP contribution < -0.4 is 4.90 Å². The van der Waals surface area contributed by atoms with Gasteiger partial charge in [-0.3, -0.25) is 0 Å². The molecule has 3 rings (SSSR count). The average molecular weight is 289 g/mol. The topological polar surface area (TPSA) is 40.5 Å². The van der Waals surface area contributed by atoms with E-state index in [1.165, 1.54) is 6.07 Å². The third-order valence-corrected chi connectivity index (χ3v) is 3.69. The van der Waals surface area contributed by atoms with Crippen LogP contribution in [-0.4, -0.2) is 17.6 Å². The predicted molar refractivity (Wildman–Crippen MR) is 75.1 cm³/mol. The van der Waals surface area contributed by atoms with Gasteiger partial charge in [0.2, 0.25) is 0 Å². The molecule has 21 heavy (non-hydrogen) atoms. The lowest BCUT2D eigenvalue weighted by Crippen LogP contribution is -2.25. The predicted octanol–water partition coefficient (Wildman–Crippen LogP) is 3.75. The first-order valence-electron chi connectivity index (χ1n) is 6.66. The summed E-state index contributed by atoms with van der Waals surface area (Å²) in [5, 5.41) is 8.83. The molecule has 0 aliphatic carbocycles. The molecule has 0 saturated heterocycles. The molecule has 1 heterocycles. The largest absolute Gasteiger partial charge is 0.478 e. The lowest BCUT2D eigenvalue weighted by atomic mass is 10.0. The van der Waals surface area contributed by atoms with Gasteiger partial charge in [-0.2, -0.15) is 0 Å². The zero-order valence-electron chi connectivity index (χ0n) is 11.1. The molecule has 0 atom stereocenters. The van der Waals surface area contributed by atoms with E-state index < -0.39 is 23.2 Å². The van der Waals surface area contributed by atoms with Crippen LogP contribution in [0, 0.1) is 11.6 Å². The van der Waals surface area contributed by atoms with Crippen molar-refractivity contribution in [1.29, 1.82) is 0 Å². The van der Waals surface area contributed by atoms with Gasteiger partial charge in [0.05, 0.1) is 11.3 Å². The Balaban J connectivity index is 2.11. The molecule has 0 unspecified atom stereocenters. The van der Waals surface area contributed by atoms with Gasteiger partial charge in [0.1, 0.15) is 0 Å². The van der Waals surface area contributed by atoms with E-state index in [1.807, 2.05) is 24.3 Å². The number of aryl methyl sites for hydroxylation is 1. The van der Waals surface area contributed by atoms with Gasteiger partial charge in [0.15, 0.2) is 11.6 Å². The van der Waals surface area contributed by atoms with Gasteiger partial charge < -0.3 is 10.0 Å². The summed E-state index contributed by atoms with van der Waals surface area (Å²) in [4.78, 5) is 12.5. The van der Waals surface area contributed by atoms with Crippen molar-refractivity contribution in [1.82, 2.24) is 0 Å². The number of aromatic carboxylic acids is 1. The van der Waals surface area contributed by atoms with E-state index in [4.69, 9.17) is 5.11 Å². The minimum absolute atomic E-state index is 0.0738. The van der Waals surface area contributed by atoms with Crippen LogP contribution in [0.3, 0.4) is 0 Å². The molecule has 1 N–H and O–H groups in total. The maximum atomic E-state index is 14.2. The van der Waals surface area contributed by atoms with E-state index in [0.29, 0.717) is 6.54 Å². The van der Waals surface area contributed by atoms with E-state index >= 15 is 0 Å². The number of rotatable bonds is 2. The highest BCUT2D eigenvalue weighted by Gasteiger charge is 2.24. The van der Waals surface area contributed by atoms with E-state index in [-0.39, 0.29) is 5.69 Å². The fourth-order valence-electron chi connectivity index (χ4n) is 2.70. The number of fused-ring (bicyclic) bond motifs is 1. The third-order valence-electron chi connectivity index (χ3n) is 3.69. The summed E-state index contributed by atoms with van der Waals surface area (Å²) in [7, 11) is 0. The van der Waals surface area contributed by atoms with Gasteiger partial charge in [-0.25, -0.2) is 13.6 Å². The number of carboxylic acid groups (broad SMARTS) is 1. The highest BCUT2D eigenvalue weighted by molar-refractivity contribution is 5.88. The molecule has 108 valence electrons. The van der Waals surface area contributed by atoms with Crippen molar-refractivity contribution in [2.75, 3.05) is 11.4 Å². The number of carbonyl (C=O) groups is 1. The molecule has 2 aromatic rings. The number of hydrogen-bond donors (Lipinski definition) is 1. The number of nitrogens with zero attached hydrogens (tertiary/aromatic N) is 1. The Morgan fingerprint density at radius 3 is 2.57 bits per heavy atom. The Bertz CT molecular complexity index is 715. The maximum Gasteiger partial charge on any atom is 0.338 e. The van der Waals surface area contributed by atoms with Crippen LogP contribution in [0.4, 0.5) is 20.2 Å². The molecule has 1 aliphatic heterocycles. The quantitative estimate of drug-likeness (QED) is 0.915. The fourth-order valence-corrected chi connectivity index (χ4v) is 2.70. The Kier molecular flexibility index (Phi) is 3.33. The highest BCUT2D eigenvalue weighted by atomic mass is 19.2. The molecule has 0 bridgehead atoms. The van der Waals surface area contributed by atoms with Crippen molar-refractivity contribution in [2.45, 2.75) is 12.8 Å². The zero-order chi connectivity index (χ0) is 15.0. The minimum Gasteiger partial charge on any atom is -0.478 e. The summed E-state index contributed by atoms with van der Waals surface area (Å²) >= 11 is 0. The minimum atomic E-state index is -1.48. The van der Waals surface area contributed by atoms with Crippen molar-refractivity contribution >= 4 is 17.3 Å². The van der Waals surface area contributed by atoms with Crippen LogP contribution in [-0.2, 0) is 6.42 Å². The van der Waals surface area contributed by atoms with Crippen molar-refractivity contribution < 1.29 is 18.7 Å². The molecular formula is C16H13F2NO2. The van der Waals surface area contributed by atoms with E-state index in [1.54, 1.807) is 4.90 Å². The van der Waals surface area contributed by atoms with Crippen LogP contribution in [0.25, 0.3) is 0 Å². The SMILES string of the molecule is O=C(O)c1ccc(N2CCCc3ccccc32)c(F)c1F. The van der Waals surface area contributed by atoms with E-state index in [9.17, 15) is 13.6 Å². The first kappa shape index (κ1) is 13.5. The molecule has 0 fully saturated rings.